The lowest BCUT2D eigenvalue weighted by Gasteiger charge is -2.41. The first-order valence-electron chi connectivity index (χ1n) is 5.25. The maximum absolute atomic E-state index is 9.71. The number of aliphatic hydroxyl groups excluding tert-OH is 3. The van der Waals surface area contributed by atoms with Crippen molar-refractivity contribution in [1.29, 1.82) is 0 Å². The Morgan fingerprint density at radius 2 is 1.87 bits per heavy atom. The molecule has 0 saturated carbocycles. The molecule has 0 bridgehead atoms. The lowest BCUT2D eigenvalue weighted by molar-refractivity contribution is -0.290. The van der Waals surface area contributed by atoms with Crippen LogP contribution in [0.4, 0.5) is 0 Å². The summed E-state index contributed by atoms with van der Waals surface area (Å²) < 4.78 is 10.8. The molecule has 1 saturated heterocycles. The second-order valence-corrected chi connectivity index (χ2v) is 4.25. The molecule has 5 nitrogen and oxygen atoms in total. The molecule has 5 heteroatoms. The zero-order chi connectivity index (χ0) is 11.6. The van der Waals surface area contributed by atoms with Crippen molar-refractivity contribution in [1.82, 2.24) is 0 Å². The number of rotatable bonds is 3. The molecule has 1 aliphatic heterocycles. The predicted molar refractivity (Wildman–Crippen MR) is 53.1 cm³/mol. The molecule has 0 aliphatic carbocycles. The van der Waals surface area contributed by atoms with Gasteiger partial charge in [0.05, 0.1) is 18.8 Å². The minimum absolute atomic E-state index is 0.0285. The second kappa shape index (κ2) is 5.23. The summed E-state index contributed by atoms with van der Waals surface area (Å²) in [6.07, 6.45) is -3.38. The van der Waals surface area contributed by atoms with Crippen molar-refractivity contribution in [3.8, 4) is 0 Å². The minimum atomic E-state index is -1.06. The van der Waals surface area contributed by atoms with Gasteiger partial charge in [-0.25, -0.2) is 0 Å². The Kier molecular flexibility index (Phi) is 4.48. The molecule has 1 fully saturated rings. The third kappa shape index (κ3) is 2.89. The highest BCUT2D eigenvalue weighted by atomic mass is 16.7. The Bertz CT molecular complexity index is 194. The van der Waals surface area contributed by atoms with Gasteiger partial charge < -0.3 is 24.8 Å². The Labute approximate surface area is 89.6 Å². The van der Waals surface area contributed by atoms with E-state index in [4.69, 9.17) is 14.6 Å². The van der Waals surface area contributed by atoms with Gasteiger partial charge in [0.2, 0.25) is 0 Å². The fourth-order valence-electron chi connectivity index (χ4n) is 1.64. The summed E-state index contributed by atoms with van der Waals surface area (Å²) >= 11 is 0. The van der Waals surface area contributed by atoms with Crippen LogP contribution in [-0.2, 0) is 9.47 Å². The summed E-state index contributed by atoms with van der Waals surface area (Å²) in [5, 5.41) is 28.2. The highest BCUT2D eigenvalue weighted by Gasteiger charge is 2.42. The maximum Gasteiger partial charge on any atom is 0.163 e. The Morgan fingerprint density at radius 1 is 1.27 bits per heavy atom. The average Bonchev–Trinajstić information content (AvgIpc) is 2.18. The molecule has 15 heavy (non-hydrogen) atoms. The van der Waals surface area contributed by atoms with Crippen LogP contribution in [-0.4, -0.2) is 52.6 Å². The fourth-order valence-corrected chi connectivity index (χ4v) is 1.64. The number of hydrogen-bond acceptors (Lipinski definition) is 5. The van der Waals surface area contributed by atoms with E-state index in [2.05, 4.69) is 0 Å². The van der Waals surface area contributed by atoms with Crippen LogP contribution in [0, 0.1) is 5.92 Å². The van der Waals surface area contributed by atoms with Crippen molar-refractivity contribution in [2.24, 2.45) is 5.92 Å². The quantitative estimate of drug-likeness (QED) is 0.597. The van der Waals surface area contributed by atoms with Gasteiger partial charge in [0.15, 0.2) is 6.29 Å². The zero-order valence-corrected chi connectivity index (χ0v) is 9.33. The summed E-state index contributed by atoms with van der Waals surface area (Å²) in [6.45, 7) is 5.14. The third-order valence-electron chi connectivity index (χ3n) is 2.59. The largest absolute Gasteiger partial charge is 0.394 e. The van der Waals surface area contributed by atoms with Crippen LogP contribution in [0.1, 0.15) is 20.8 Å². The smallest absolute Gasteiger partial charge is 0.163 e. The highest BCUT2D eigenvalue weighted by Crippen LogP contribution is 2.27. The van der Waals surface area contributed by atoms with Crippen LogP contribution in [0.3, 0.4) is 0 Å². The number of ether oxygens (including phenoxy) is 2. The molecule has 2 unspecified atom stereocenters. The first-order chi connectivity index (χ1) is 6.97. The SMILES string of the molecule is CC(C)O[C@H]1OC(CO)[C@H](O)[C@H](O)C1C. The van der Waals surface area contributed by atoms with E-state index < -0.39 is 24.6 Å². The van der Waals surface area contributed by atoms with Gasteiger partial charge in [0, 0.05) is 5.92 Å². The molecule has 1 heterocycles. The van der Waals surface area contributed by atoms with E-state index in [1.807, 2.05) is 13.8 Å². The van der Waals surface area contributed by atoms with E-state index >= 15 is 0 Å². The molecule has 0 radical (unpaired) electrons. The summed E-state index contributed by atoms with van der Waals surface area (Å²) in [5.74, 6) is -0.315. The predicted octanol–water partition coefficient (Wildman–Crippen LogP) is -0.514. The molecule has 5 atom stereocenters. The molecule has 0 spiro atoms. The number of aliphatic hydroxyl groups is 3. The van der Waals surface area contributed by atoms with E-state index in [0.717, 1.165) is 0 Å². The highest BCUT2D eigenvalue weighted by molar-refractivity contribution is 4.86. The van der Waals surface area contributed by atoms with Gasteiger partial charge in [-0.1, -0.05) is 6.92 Å². The van der Waals surface area contributed by atoms with Gasteiger partial charge >= 0.3 is 0 Å². The molecule has 0 aromatic carbocycles. The van der Waals surface area contributed by atoms with Crippen LogP contribution in [0.5, 0.6) is 0 Å². The van der Waals surface area contributed by atoms with Crippen molar-refractivity contribution in [2.45, 2.75) is 51.5 Å². The Morgan fingerprint density at radius 3 is 2.33 bits per heavy atom. The lowest BCUT2D eigenvalue weighted by Crippen LogP contribution is -2.55. The van der Waals surface area contributed by atoms with Gasteiger partial charge in [-0.2, -0.15) is 0 Å². The van der Waals surface area contributed by atoms with Crippen LogP contribution < -0.4 is 0 Å². The summed E-state index contributed by atoms with van der Waals surface area (Å²) in [5.41, 5.74) is 0. The molecule has 0 amide bonds. The Hall–Kier alpha value is -0.200. The lowest BCUT2D eigenvalue weighted by atomic mass is 9.92. The molecule has 1 rings (SSSR count). The van der Waals surface area contributed by atoms with Crippen molar-refractivity contribution in [3.63, 3.8) is 0 Å². The minimum Gasteiger partial charge on any atom is -0.394 e. The van der Waals surface area contributed by atoms with Crippen molar-refractivity contribution in [2.75, 3.05) is 6.61 Å². The molecule has 90 valence electrons. The van der Waals surface area contributed by atoms with E-state index in [-0.39, 0.29) is 18.6 Å². The molecule has 0 aromatic heterocycles. The third-order valence-corrected chi connectivity index (χ3v) is 2.59. The maximum atomic E-state index is 9.71. The summed E-state index contributed by atoms with van der Waals surface area (Å²) in [4.78, 5) is 0. The molecular weight excluding hydrogens is 200 g/mol. The standard InChI is InChI=1S/C10H20O5/c1-5(2)14-10-6(3)8(12)9(13)7(4-11)15-10/h5-13H,4H2,1-3H3/t6?,7?,8-,9+,10+/m1/s1. The first kappa shape index (κ1) is 12.9. The molecule has 0 aromatic rings. The first-order valence-corrected chi connectivity index (χ1v) is 5.25. The van der Waals surface area contributed by atoms with Crippen molar-refractivity contribution >= 4 is 0 Å². The van der Waals surface area contributed by atoms with E-state index in [9.17, 15) is 10.2 Å². The Balaban J connectivity index is 2.65. The van der Waals surface area contributed by atoms with E-state index in [1.54, 1.807) is 6.92 Å². The monoisotopic (exact) mass is 220 g/mol. The molecule has 1 aliphatic rings. The second-order valence-electron chi connectivity index (χ2n) is 4.25. The molecule has 3 N–H and O–H groups in total. The van der Waals surface area contributed by atoms with Gasteiger partial charge in [-0.3, -0.25) is 0 Å². The van der Waals surface area contributed by atoms with Crippen LogP contribution >= 0.6 is 0 Å². The van der Waals surface area contributed by atoms with Gasteiger partial charge in [-0.15, -0.1) is 0 Å². The topological polar surface area (TPSA) is 79.2 Å². The van der Waals surface area contributed by atoms with Gasteiger partial charge in [0.25, 0.3) is 0 Å². The average molecular weight is 220 g/mol. The van der Waals surface area contributed by atoms with Crippen LogP contribution in [0.2, 0.25) is 0 Å². The molecular formula is C10H20O5. The van der Waals surface area contributed by atoms with Crippen molar-refractivity contribution in [3.05, 3.63) is 0 Å². The van der Waals surface area contributed by atoms with Crippen LogP contribution in [0.15, 0.2) is 0 Å². The summed E-state index contributed by atoms with van der Waals surface area (Å²) in [7, 11) is 0. The van der Waals surface area contributed by atoms with E-state index in [0.29, 0.717) is 0 Å². The summed E-state index contributed by atoms with van der Waals surface area (Å²) in [6, 6.07) is 0. The van der Waals surface area contributed by atoms with Crippen molar-refractivity contribution < 1.29 is 24.8 Å². The van der Waals surface area contributed by atoms with E-state index in [1.165, 1.54) is 0 Å². The van der Waals surface area contributed by atoms with Crippen LogP contribution in [0.25, 0.3) is 0 Å². The number of hydrogen-bond donors (Lipinski definition) is 3. The fraction of sp³-hybridized carbons (Fsp3) is 1.00. The zero-order valence-electron chi connectivity index (χ0n) is 9.33. The van der Waals surface area contributed by atoms with Gasteiger partial charge in [-0.05, 0) is 13.8 Å². The van der Waals surface area contributed by atoms with Gasteiger partial charge in [0.1, 0.15) is 12.2 Å². The normalized spacial score (nSPS) is 42.2.